The van der Waals surface area contributed by atoms with E-state index < -0.39 is 24.5 Å². The van der Waals surface area contributed by atoms with Crippen molar-refractivity contribution in [3.05, 3.63) is 35.4 Å². The first-order valence-electron chi connectivity index (χ1n) is 10.1. The van der Waals surface area contributed by atoms with Gasteiger partial charge < -0.3 is 25.0 Å². The molecule has 1 aromatic rings. The molecular weight excluding hydrogens is 413 g/mol. The minimum absolute atomic E-state index is 0.0393. The third kappa shape index (κ3) is 9.46. The van der Waals surface area contributed by atoms with E-state index >= 15 is 0 Å². The van der Waals surface area contributed by atoms with Crippen LogP contribution in [0.3, 0.4) is 0 Å². The summed E-state index contributed by atoms with van der Waals surface area (Å²) in [5, 5.41) is 6.13. The minimum Gasteiger partial charge on any atom is -0.444 e. The van der Waals surface area contributed by atoms with Gasteiger partial charge in [0.25, 0.3) is 0 Å². The highest BCUT2D eigenvalue weighted by Gasteiger charge is 2.28. The number of amides is 1. The first-order chi connectivity index (χ1) is 14.4. The van der Waals surface area contributed by atoms with Crippen LogP contribution >= 0.6 is 0 Å². The summed E-state index contributed by atoms with van der Waals surface area (Å²) in [6.45, 7) is 5.86. The molecule has 174 valence electrons. The number of rotatable bonds is 6. The van der Waals surface area contributed by atoms with Crippen LogP contribution in [-0.4, -0.2) is 61.5 Å². The third-order valence-electron chi connectivity index (χ3n) is 4.40. The second-order valence-corrected chi connectivity index (χ2v) is 8.41. The Morgan fingerprint density at radius 1 is 1.26 bits per heavy atom. The molecule has 7 nitrogen and oxygen atoms in total. The van der Waals surface area contributed by atoms with Gasteiger partial charge in [0.1, 0.15) is 12.2 Å². The Morgan fingerprint density at radius 2 is 1.97 bits per heavy atom. The van der Waals surface area contributed by atoms with Crippen molar-refractivity contribution in [2.75, 3.05) is 26.7 Å². The summed E-state index contributed by atoms with van der Waals surface area (Å²) in [6, 6.07) is 7.14. The molecule has 0 aromatic heterocycles. The Kier molecular flexibility index (Phi) is 8.55. The molecule has 1 unspecified atom stereocenters. The zero-order valence-corrected chi connectivity index (χ0v) is 18.4. The molecule has 1 saturated heterocycles. The number of nitrogens with one attached hydrogen (secondary N) is 2. The molecule has 1 aliphatic rings. The first kappa shape index (κ1) is 24.8. The number of carbonyl (C=O) groups is 1. The second kappa shape index (κ2) is 10.7. The Bertz CT molecular complexity index is 763. The number of nitrogens with zero attached hydrogens (tertiary/aromatic N) is 2. The molecule has 1 aromatic carbocycles. The second-order valence-electron chi connectivity index (χ2n) is 8.41. The lowest BCUT2D eigenvalue weighted by Gasteiger charge is -2.23. The van der Waals surface area contributed by atoms with Crippen molar-refractivity contribution in [3.63, 3.8) is 0 Å². The number of ether oxygens (including phenoxy) is 2. The quantitative estimate of drug-likeness (QED) is 0.519. The van der Waals surface area contributed by atoms with E-state index in [1.807, 2.05) is 31.7 Å². The Morgan fingerprint density at radius 3 is 2.61 bits per heavy atom. The van der Waals surface area contributed by atoms with Crippen LogP contribution < -0.4 is 10.6 Å². The summed E-state index contributed by atoms with van der Waals surface area (Å²) in [4.78, 5) is 18.3. The molecule has 2 rings (SSSR count). The fourth-order valence-corrected chi connectivity index (χ4v) is 3.17. The molecule has 31 heavy (non-hydrogen) atoms. The highest BCUT2D eigenvalue weighted by Crippen LogP contribution is 2.16. The number of likely N-dealkylation sites (tertiary alicyclic amines) is 1. The van der Waals surface area contributed by atoms with Crippen molar-refractivity contribution in [2.45, 2.75) is 58.2 Å². The number of halogens is 3. The summed E-state index contributed by atoms with van der Waals surface area (Å²) >= 11 is 0. The molecule has 10 heteroatoms. The zero-order valence-electron chi connectivity index (χ0n) is 18.4. The van der Waals surface area contributed by atoms with E-state index in [1.54, 1.807) is 25.2 Å². The number of alkyl carbamates (subject to hydrolysis) is 1. The van der Waals surface area contributed by atoms with E-state index in [-0.39, 0.29) is 12.6 Å². The average Bonchev–Trinajstić information content (AvgIpc) is 3.08. The van der Waals surface area contributed by atoms with E-state index in [0.29, 0.717) is 24.6 Å². The molecule has 0 aliphatic carbocycles. The van der Waals surface area contributed by atoms with Gasteiger partial charge >= 0.3 is 12.3 Å². The van der Waals surface area contributed by atoms with Crippen LogP contribution in [0.2, 0.25) is 0 Å². The van der Waals surface area contributed by atoms with Crippen LogP contribution in [0.25, 0.3) is 0 Å². The predicted molar refractivity (Wildman–Crippen MR) is 112 cm³/mol. The summed E-state index contributed by atoms with van der Waals surface area (Å²) in [7, 11) is 1.68. The Labute approximate surface area is 181 Å². The highest BCUT2D eigenvalue weighted by atomic mass is 19.4. The summed E-state index contributed by atoms with van der Waals surface area (Å²) in [6.07, 6.45) is -4.00. The van der Waals surface area contributed by atoms with Gasteiger partial charge in [-0.2, -0.15) is 13.2 Å². The molecule has 1 atom stereocenters. The van der Waals surface area contributed by atoms with Crippen LogP contribution in [0.5, 0.6) is 0 Å². The van der Waals surface area contributed by atoms with Crippen molar-refractivity contribution in [3.8, 4) is 0 Å². The van der Waals surface area contributed by atoms with E-state index in [1.165, 1.54) is 0 Å². The fraction of sp³-hybridized carbons (Fsp3) is 0.619. The van der Waals surface area contributed by atoms with Gasteiger partial charge in [0.15, 0.2) is 5.96 Å². The van der Waals surface area contributed by atoms with E-state index in [0.717, 1.165) is 18.5 Å². The van der Waals surface area contributed by atoms with Gasteiger partial charge in [-0.1, -0.05) is 24.3 Å². The van der Waals surface area contributed by atoms with E-state index in [9.17, 15) is 18.0 Å². The van der Waals surface area contributed by atoms with Crippen molar-refractivity contribution in [1.29, 1.82) is 0 Å². The maximum atomic E-state index is 12.2. The maximum Gasteiger partial charge on any atom is 0.411 e. The minimum atomic E-state index is -4.34. The molecule has 1 fully saturated rings. The maximum absolute atomic E-state index is 12.2. The standard InChI is InChI=1S/C21H31F3N4O3/c1-20(2,3)31-19(29)27-17-8-9-28(12-17)18(25-4)26-11-15-6-5-7-16(10-15)13-30-14-21(22,23)24/h5-7,10,17H,8-9,11-14H2,1-4H3,(H,25,26)(H,27,29). The molecule has 1 heterocycles. The fourth-order valence-electron chi connectivity index (χ4n) is 3.17. The molecule has 0 radical (unpaired) electrons. The van der Waals surface area contributed by atoms with Gasteiger partial charge in [-0.05, 0) is 38.3 Å². The lowest BCUT2D eigenvalue weighted by Crippen LogP contribution is -2.44. The van der Waals surface area contributed by atoms with Crippen LogP contribution in [-0.2, 0) is 22.6 Å². The van der Waals surface area contributed by atoms with Crippen molar-refractivity contribution in [2.24, 2.45) is 4.99 Å². The lowest BCUT2D eigenvalue weighted by molar-refractivity contribution is -0.176. The van der Waals surface area contributed by atoms with E-state index in [2.05, 4.69) is 15.6 Å². The monoisotopic (exact) mass is 444 g/mol. The van der Waals surface area contributed by atoms with Crippen molar-refractivity contribution < 1.29 is 27.4 Å². The first-order valence-corrected chi connectivity index (χ1v) is 10.1. The number of alkyl halides is 3. The molecule has 2 N–H and O–H groups in total. The highest BCUT2D eigenvalue weighted by molar-refractivity contribution is 5.80. The topological polar surface area (TPSA) is 75.2 Å². The summed E-state index contributed by atoms with van der Waals surface area (Å²) in [5.41, 5.74) is 1.02. The molecule has 0 spiro atoms. The number of hydrogen-bond donors (Lipinski definition) is 2. The van der Waals surface area contributed by atoms with Crippen LogP contribution in [0.15, 0.2) is 29.3 Å². The predicted octanol–water partition coefficient (Wildman–Crippen LogP) is 3.44. The average molecular weight is 444 g/mol. The SMILES string of the molecule is CN=C(NCc1cccc(COCC(F)(F)F)c1)N1CCC(NC(=O)OC(C)(C)C)C1. The van der Waals surface area contributed by atoms with Gasteiger partial charge in [-0.15, -0.1) is 0 Å². The summed E-state index contributed by atoms with van der Waals surface area (Å²) in [5.74, 6) is 0.687. The third-order valence-corrected chi connectivity index (χ3v) is 4.40. The zero-order chi connectivity index (χ0) is 23.1. The largest absolute Gasteiger partial charge is 0.444 e. The van der Waals surface area contributed by atoms with Crippen LogP contribution in [0, 0.1) is 0 Å². The molecule has 1 amide bonds. The normalized spacial score (nSPS) is 17.6. The molecule has 1 aliphatic heterocycles. The molecule has 0 bridgehead atoms. The van der Waals surface area contributed by atoms with E-state index in [4.69, 9.17) is 9.47 Å². The summed E-state index contributed by atoms with van der Waals surface area (Å²) < 4.78 is 46.7. The van der Waals surface area contributed by atoms with Crippen molar-refractivity contribution in [1.82, 2.24) is 15.5 Å². The number of carbonyl (C=O) groups excluding carboxylic acids is 1. The Balaban J connectivity index is 1.82. The van der Waals surface area contributed by atoms with Gasteiger partial charge in [0.05, 0.1) is 12.6 Å². The lowest BCUT2D eigenvalue weighted by atomic mass is 10.1. The number of aliphatic imine (C=N–C) groups is 1. The number of benzene rings is 1. The number of guanidine groups is 1. The Hall–Kier alpha value is -2.49. The van der Waals surface area contributed by atoms with Crippen LogP contribution in [0.1, 0.15) is 38.3 Å². The van der Waals surface area contributed by atoms with Gasteiger partial charge in [0.2, 0.25) is 0 Å². The smallest absolute Gasteiger partial charge is 0.411 e. The molecular formula is C21H31F3N4O3. The van der Waals surface area contributed by atoms with Gasteiger partial charge in [0, 0.05) is 26.7 Å². The molecule has 0 saturated carbocycles. The van der Waals surface area contributed by atoms with Gasteiger partial charge in [-0.25, -0.2) is 4.79 Å². The van der Waals surface area contributed by atoms with Gasteiger partial charge in [-0.3, -0.25) is 4.99 Å². The van der Waals surface area contributed by atoms with Crippen molar-refractivity contribution >= 4 is 12.1 Å². The number of hydrogen-bond acceptors (Lipinski definition) is 4. The van der Waals surface area contributed by atoms with Crippen LogP contribution in [0.4, 0.5) is 18.0 Å².